The predicted octanol–water partition coefficient (Wildman–Crippen LogP) is 3.22. The van der Waals surface area contributed by atoms with Crippen LogP contribution in [0.15, 0.2) is 24.3 Å². The van der Waals surface area contributed by atoms with Crippen LogP contribution in [0.25, 0.3) is 5.69 Å². The van der Waals surface area contributed by atoms with Crippen LogP contribution in [0.1, 0.15) is 41.4 Å². The number of benzene rings is 1. The Hall–Kier alpha value is -2.32. The number of carbonyl (C=O) groups is 1. The Kier molecular flexibility index (Phi) is 3.77. The van der Waals surface area contributed by atoms with Crippen molar-refractivity contribution in [1.82, 2.24) is 9.78 Å². The maximum atomic E-state index is 11.3. The molecule has 6 heteroatoms. The second-order valence-electron chi connectivity index (χ2n) is 4.58. The van der Waals surface area contributed by atoms with Crippen LogP contribution in [0.4, 0.5) is 0 Å². The lowest BCUT2D eigenvalue weighted by atomic mass is 10.1. The van der Waals surface area contributed by atoms with E-state index in [4.69, 9.17) is 16.9 Å². The highest BCUT2D eigenvalue weighted by Gasteiger charge is 2.24. The molecule has 1 aromatic heterocycles. The molecule has 0 aliphatic heterocycles. The maximum absolute atomic E-state index is 11.3. The summed E-state index contributed by atoms with van der Waals surface area (Å²) in [6.07, 6.45) is 0. The first-order valence-electron chi connectivity index (χ1n) is 5.98. The van der Waals surface area contributed by atoms with Gasteiger partial charge in [-0.15, -0.1) is 0 Å². The third-order valence-corrected chi connectivity index (χ3v) is 3.21. The molecule has 0 unspecified atom stereocenters. The fraction of sp³-hybridized carbons (Fsp3) is 0.214. The zero-order valence-corrected chi connectivity index (χ0v) is 11.7. The molecule has 0 aliphatic carbocycles. The van der Waals surface area contributed by atoms with Gasteiger partial charge in [-0.1, -0.05) is 25.4 Å². The third-order valence-electron chi connectivity index (χ3n) is 2.86. The molecule has 2 rings (SSSR count). The summed E-state index contributed by atoms with van der Waals surface area (Å²) in [6.45, 7) is 3.71. The van der Waals surface area contributed by atoms with Gasteiger partial charge in [0.2, 0.25) is 0 Å². The Bertz CT molecular complexity index is 696. The summed E-state index contributed by atoms with van der Waals surface area (Å²) >= 11 is 6.13. The highest BCUT2D eigenvalue weighted by Crippen LogP contribution is 2.28. The molecule has 0 saturated carbocycles. The van der Waals surface area contributed by atoms with Gasteiger partial charge >= 0.3 is 5.97 Å². The van der Waals surface area contributed by atoms with E-state index in [1.165, 1.54) is 4.68 Å². The van der Waals surface area contributed by atoms with Crippen molar-refractivity contribution in [3.63, 3.8) is 0 Å². The number of carboxylic acid groups (broad SMARTS) is 1. The molecule has 0 radical (unpaired) electrons. The summed E-state index contributed by atoms with van der Waals surface area (Å²) in [6, 6.07) is 8.62. The van der Waals surface area contributed by atoms with Crippen molar-refractivity contribution >= 4 is 17.6 Å². The van der Waals surface area contributed by atoms with Crippen molar-refractivity contribution in [2.24, 2.45) is 0 Å². The lowest BCUT2D eigenvalue weighted by Gasteiger charge is -2.03. The number of halogens is 1. The Labute approximate surface area is 121 Å². The summed E-state index contributed by atoms with van der Waals surface area (Å²) in [5, 5.41) is 22.4. The summed E-state index contributed by atoms with van der Waals surface area (Å²) in [7, 11) is 0. The minimum Gasteiger partial charge on any atom is -0.478 e. The Morgan fingerprint density at radius 3 is 2.40 bits per heavy atom. The minimum absolute atomic E-state index is 0.0195. The zero-order chi connectivity index (χ0) is 14.9. The van der Waals surface area contributed by atoms with Crippen molar-refractivity contribution in [1.29, 1.82) is 5.26 Å². The number of nitrogens with zero attached hydrogens (tertiary/aromatic N) is 3. The van der Waals surface area contributed by atoms with Crippen molar-refractivity contribution in [3.05, 3.63) is 46.2 Å². The number of hydrogen-bond acceptors (Lipinski definition) is 3. The second-order valence-corrected chi connectivity index (χ2v) is 4.94. The summed E-state index contributed by atoms with van der Waals surface area (Å²) in [5.74, 6) is -1.16. The molecular formula is C14H12ClN3O2. The van der Waals surface area contributed by atoms with Crippen LogP contribution < -0.4 is 0 Å². The molecule has 2 aromatic rings. The molecule has 0 saturated heterocycles. The molecule has 1 heterocycles. The van der Waals surface area contributed by atoms with E-state index in [-0.39, 0.29) is 16.6 Å². The number of aromatic carboxylic acids is 1. The molecule has 20 heavy (non-hydrogen) atoms. The fourth-order valence-corrected chi connectivity index (χ4v) is 2.18. The van der Waals surface area contributed by atoms with Crippen molar-refractivity contribution < 1.29 is 9.90 Å². The van der Waals surface area contributed by atoms with Gasteiger partial charge in [0, 0.05) is 0 Å². The van der Waals surface area contributed by atoms with Crippen LogP contribution in [0.5, 0.6) is 0 Å². The van der Waals surface area contributed by atoms with Crippen LogP contribution in [0.2, 0.25) is 5.15 Å². The Morgan fingerprint density at radius 2 is 2.00 bits per heavy atom. The van der Waals surface area contributed by atoms with Gasteiger partial charge in [-0.3, -0.25) is 0 Å². The lowest BCUT2D eigenvalue weighted by molar-refractivity contribution is 0.0695. The van der Waals surface area contributed by atoms with Gasteiger partial charge in [0.05, 0.1) is 23.0 Å². The van der Waals surface area contributed by atoms with E-state index >= 15 is 0 Å². The average molecular weight is 290 g/mol. The van der Waals surface area contributed by atoms with Crippen molar-refractivity contribution in [3.8, 4) is 11.8 Å². The van der Waals surface area contributed by atoms with Gasteiger partial charge in [0.1, 0.15) is 10.7 Å². The smallest absolute Gasteiger partial charge is 0.340 e. The van der Waals surface area contributed by atoms with Crippen molar-refractivity contribution in [2.75, 3.05) is 0 Å². The van der Waals surface area contributed by atoms with Gasteiger partial charge in [-0.05, 0) is 30.2 Å². The molecule has 1 N–H and O–H groups in total. The topological polar surface area (TPSA) is 78.9 Å². The van der Waals surface area contributed by atoms with Crippen LogP contribution in [-0.4, -0.2) is 20.9 Å². The standard InChI is InChI=1S/C14H12ClN3O2/c1-8(2)12-11(14(19)20)13(15)18(17-12)10-5-3-9(7-16)4-6-10/h3-6,8H,1-2H3,(H,19,20). The van der Waals surface area contributed by atoms with E-state index in [1.54, 1.807) is 24.3 Å². The largest absolute Gasteiger partial charge is 0.478 e. The van der Waals surface area contributed by atoms with E-state index < -0.39 is 5.97 Å². The summed E-state index contributed by atoms with van der Waals surface area (Å²) < 4.78 is 1.38. The molecule has 1 aromatic carbocycles. The average Bonchev–Trinajstić information content (AvgIpc) is 2.77. The minimum atomic E-state index is -1.10. The number of carboxylic acids is 1. The highest BCUT2D eigenvalue weighted by molar-refractivity contribution is 6.33. The zero-order valence-electron chi connectivity index (χ0n) is 11.0. The summed E-state index contributed by atoms with van der Waals surface area (Å²) in [5.41, 5.74) is 1.58. The molecule has 0 aliphatic rings. The second kappa shape index (κ2) is 5.35. The van der Waals surface area contributed by atoms with E-state index in [0.29, 0.717) is 16.9 Å². The van der Waals surface area contributed by atoms with E-state index in [0.717, 1.165) is 0 Å². The van der Waals surface area contributed by atoms with Gasteiger partial charge in [-0.2, -0.15) is 10.4 Å². The van der Waals surface area contributed by atoms with Crippen LogP contribution in [0.3, 0.4) is 0 Å². The number of aromatic nitrogens is 2. The first kappa shape index (κ1) is 14.1. The first-order chi connectivity index (χ1) is 9.45. The SMILES string of the molecule is CC(C)c1nn(-c2ccc(C#N)cc2)c(Cl)c1C(=O)O. The molecular weight excluding hydrogens is 278 g/mol. The van der Waals surface area contributed by atoms with Crippen LogP contribution in [0, 0.1) is 11.3 Å². The highest BCUT2D eigenvalue weighted by atomic mass is 35.5. The number of rotatable bonds is 3. The van der Waals surface area contributed by atoms with Crippen LogP contribution >= 0.6 is 11.6 Å². The first-order valence-corrected chi connectivity index (χ1v) is 6.35. The number of nitriles is 1. The molecule has 5 nitrogen and oxygen atoms in total. The molecule has 0 amide bonds. The van der Waals surface area contributed by atoms with Gasteiger partial charge in [-0.25, -0.2) is 9.48 Å². The van der Waals surface area contributed by atoms with Gasteiger partial charge < -0.3 is 5.11 Å². The molecule has 0 fully saturated rings. The molecule has 0 bridgehead atoms. The number of hydrogen-bond donors (Lipinski definition) is 1. The van der Waals surface area contributed by atoms with Crippen molar-refractivity contribution in [2.45, 2.75) is 19.8 Å². The Morgan fingerprint density at radius 1 is 1.40 bits per heavy atom. The quantitative estimate of drug-likeness (QED) is 0.941. The normalized spacial score (nSPS) is 10.6. The van der Waals surface area contributed by atoms with Gasteiger partial charge in [0.25, 0.3) is 0 Å². The maximum Gasteiger partial charge on any atom is 0.340 e. The van der Waals surface area contributed by atoms with Gasteiger partial charge in [0.15, 0.2) is 0 Å². The predicted molar refractivity (Wildman–Crippen MR) is 74.3 cm³/mol. The summed E-state index contributed by atoms with van der Waals surface area (Å²) in [4.78, 5) is 11.3. The van der Waals surface area contributed by atoms with E-state index in [2.05, 4.69) is 5.10 Å². The molecule has 0 atom stereocenters. The fourth-order valence-electron chi connectivity index (χ4n) is 1.86. The third kappa shape index (κ3) is 2.38. The lowest BCUT2D eigenvalue weighted by Crippen LogP contribution is -2.01. The van der Waals surface area contributed by atoms with E-state index in [9.17, 15) is 9.90 Å². The molecule has 0 spiro atoms. The molecule has 102 valence electrons. The Balaban J connectivity index is 2.60. The van der Waals surface area contributed by atoms with E-state index in [1.807, 2.05) is 19.9 Å². The van der Waals surface area contributed by atoms with Crippen LogP contribution in [-0.2, 0) is 0 Å². The monoisotopic (exact) mass is 289 g/mol.